The second kappa shape index (κ2) is 4.33. The third kappa shape index (κ3) is 1.98. The number of nitrogens with zero attached hydrogens (tertiary/aromatic N) is 3. The minimum atomic E-state index is 0.462. The molecule has 1 saturated heterocycles. The topological polar surface area (TPSA) is 54.8 Å². The Labute approximate surface area is 100 Å². The maximum atomic E-state index is 4.40. The van der Waals surface area contributed by atoms with E-state index in [0.29, 0.717) is 6.04 Å². The molecule has 0 saturated carbocycles. The van der Waals surface area contributed by atoms with Crippen molar-refractivity contribution >= 4 is 16.9 Å². The van der Waals surface area contributed by atoms with Crippen LogP contribution in [0.3, 0.4) is 0 Å². The number of rotatable bonds is 2. The van der Waals surface area contributed by atoms with Gasteiger partial charge in [0.2, 0.25) is 0 Å². The predicted molar refractivity (Wildman–Crippen MR) is 68.0 cm³/mol. The largest absolute Gasteiger partial charge is 0.364 e. The maximum absolute atomic E-state index is 4.40. The molecular formula is C12H17N5. The van der Waals surface area contributed by atoms with Crippen LogP contribution in [0.1, 0.15) is 12.8 Å². The zero-order valence-electron chi connectivity index (χ0n) is 9.98. The van der Waals surface area contributed by atoms with E-state index in [1.54, 1.807) is 0 Å². The van der Waals surface area contributed by atoms with E-state index in [2.05, 4.69) is 20.6 Å². The highest BCUT2D eigenvalue weighted by molar-refractivity contribution is 5.85. The Kier molecular flexibility index (Phi) is 2.68. The van der Waals surface area contributed by atoms with Gasteiger partial charge in [-0.3, -0.25) is 0 Å². The fourth-order valence-corrected chi connectivity index (χ4v) is 2.34. The molecule has 1 unspecified atom stereocenters. The Hall–Kier alpha value is -1.62. The van der Waals surface area contributed by atoms with E-state index in [-0.39, 0.29) is 0 Å². The fourth-order valence-electron chi connectivity index (χ4n) is 2.34. The first-order valence-electron chi connectivity index (χ1n) is 6.08. The highest BCUT2D eigenvalue weighted by Crippen LogP contribution is 2.20. The molecule has 0 aromatic carbocycles. The molecule has 90 valence electrons. The van der Waals surface area contributed by atoms with Crippen LogP contribution >= 0.6 is 0 Å². The van der Waals surface area contributed by atoms with Crippen molar-refractivity contribution in [1.82, 2.24) is 19.9 Å². The van der Waals surface area contributed by atoms with Crippen molar-refractivity contribution in [3.8, 4) is 0 Å². The summed E-state index contributed by atoms with van der Waals surface area (Å²) in [4.78, 5) is 8.80. The number of fused-ring (bicyclic) bond motifs is 1. The molecule has 5 heteroatoms. The van der Waals surface area contributed by atoms with Crippen LogP contribution in [0.5, 0.6) is 0 Å². The number of pyridine rings is 1. The lowest BCUT2D eigenvalue weighted by Crippen LogP contribution is -2.38. The first-order valence-corrected chi connectivity index (χ1v) is 6.08. The number of aryl methyl sites for hydroxylation is 1. The number of anilines is 1. The summed E-state index contributed by atoms with van der Waals surface area (Å²) >= 11 is 0. The molecule has 0 spiro atoms. The molecule has 3 heterocycles. The van der Waals surface area contributed by atoms with Crippen LogP contribution in [-0.2, 0) is 7.05 Å². The summed E-state index contributed by atoms with van der Waals surface area (Å²) in [5.74, 6) is 0.900. The van der Waals surface area contributed by atoms with Crippen molar-refractivity contribution in [3.05, 3.63) is 18.6 Å². The van der Waals surface area contributed by atoms with Crippen LogP contribution in [0, 0.1) is 0 Å². The van der Waals surface area contributed by atoms with Gasteiger partial charge in [-0.25, -0.2) is 9.97 Å². The van der Waals surface area contributed by atoms with Gasteiger partial charge in [0.25, 0.3) is 0 Å². The lowest BCUT2D eigenvalue weighted by atomic mass is 10.1. The SMILES string of the molecule is Cn1cnc2c(NC3CCCNC3)nccc21. The molecule has 0 aliphatic carbocycles. The molecule has 5 nitrogen and oxygen atoms in total. The average molecular weight is 231 g/mol. The van der Waals surface area contributed by atoms with Crippen molar-refractivity contribution in [3.63, 3.8) is 0 Å². The van der Waals surface area contributed by atoms with Crippen LogP contribution in [0.2, 0.25) is 0 Å². The van der Waals surface area contributed by atoms with Crippen LogP contribution in [0.4, 0.5) is 5.82 Å². The Morgan fingerprint density at radius 3 is 3.24 bits per heavy atom. The van der Waals surface area contributed by atoms with Gasteiger partial charge in [0, 0.05) is 25.8 Å². The molecule has 2 aromatic heterocycles. The number of imidazole rings is 1. The maximum Gasteiger partial charge on any atom is 0.154 e. The molecule has 1 fully saturated rings. The van der Waals surface area contributed by atoms with E-state index in [4.69, 9.17) is 0 Å². The Morgan fingerprint density at radius 1 is 1.47 bits per heavy atom. The smallest absolute Gasteiger partial charge is 0.154 e. The third-order valence-electron chi connectivity index (χ3n) is 3.28. The highest BCUT2D eigenvalue weighted by Gasteiger charge is 2.15. The van der Waals surface area contributed by atoms with Gasteiger partial charge < -0.3 is 15.2 Å². The van der Waals surface area contributed by atoms with Gasteiger partial charge in [-0.05, 0) is 25.5 Å². The van der Waals surface area contributed by atoms with Gasteiger partial charge in [0.15, 0.2) is 5.82 Å². The lowest BCUT2D eigenvalue weighted by molar-refractivity contribution is 0.479. The monoisotopic (exact) mass is 231 g/mol. The van der Waals surface area contributed by atoms with Gasteiger partial charge >= 0.3 is 0 Å². The normalized spacial score (nSPS) is 20.6. The molecule has 2 N–H and O–H groups in total. The fraction of sp³-hybridized carbons (Fsp3) is 0.500. The van der Waals surface area contributed by atoms with Crippen LogP contribution < -0.4 is 10.6 Å². The highest BCUT2D eigenvalue weighted by atomic mass is 15.1. The second-order valence-corrected chi connectivity index (χ2v) is 4.57. The number of nitrogens with one attached hydrogen (secondary N) is 2. The zero-order chi connectivity index (χ0) is 11.7. The summed E-state index contributed by atoms with van der Waals surface area (Å²) < 4.78 is 2.02. The molecule has 1 aliphatic heterocycles. The lowest BCUT2D eigenvalue weighted by Gasteiger charge is -2.24. The standard InChI is InChI=1S/C12H17N5/c1-17-8-15-11-10(17)4-6-14-12(11)16-9-3-2-5-13-7-9/h4,6,8-9,13H,2-3,5,7H2,1H3,(H,14,16). The summed E-state index contributed by atoms with van der Waals surface area (Å²) in [6, 6.07) is 2.45. The Bertz CT molecular complexity index is 513. The molecule has 0 radical (unpaired) electrons. The molecule has 1 atom stereocenters. The average Bonchev–Trinajstić information content (AvgIpc) is 2.74. The molecule has 17 heavy (non-hydrogen) atoms. The number of hydrogen-bond donors (Lipinski definition) is 2. The molecule has 3 rings (SSSR count). The van der Waals surface area contributed by atoms with Crippen molar-refractivity contribution in [1.29, 1.82) is 0 Å². The summed E-state index contributed by atoms with van der Waals surface area (Å²) in [5.41, 5.74) is 2.08. The summed E-state index contributed by atoms with van der Waals surface area (Å²) in [6.45, 7) is 2.13. The van der Waals surface area contributed by atoms with Crippen LogP contribution in [-0.4, -0.2) is 33.7 Å². The third-order valence-corrected chi connectivity index (χ3v) is 3.28. The van der Waals surface area contributed by atoms with Gasteiger partial charge in [0.1, 0.15) is 5.52 Å². The molecule has 0 bridgehead atoms. The minimum absolute atomic E-state index is 0.462. The van der Waals surface area contributed by atoms with Gasteiger partial charge in [-0.1, -0.05) is 0 Å². The first-order chi connectivity index (χ1) is 8.34. The quantitative estimate of drug-likeness (QED) is 0.813. The first kappa shape index (κ1) is 10.5. The van der Waals surface area contributed by atoms with Gasteiger partial charge in [0.05, 0.1) is 11.8 Å². The molecule has 1 aliphatic rings. The van der Waals surface area contributed by atoms with Crippen molar-refractivity contribution in [2.75, 3.05) is 18.4 Å². The van der Waals surface area contributed by atoms with Gasteiger partial charge in [-0.2, -0.15) is 0 Å². The van der Waals surface area contributed by atoms with Crippen molar-refractivity contribution in [2.45, 2.75) is 18.9 Å². The van der Waals surface area contributed by atoms with E-state index in [9.17, 15) is 0 Å². The molecule has 0 amide bonds. The van der Waals surface area contributed by atoms with Gasteiger partial charge in [-0.15, -0.1) is 0 Å². The van der Waals surface area contributed by atoms with Crippen molar-refractivity contribution in [2.24, 2.45) is 7.05 Å². The van der Waals surface area contributed by atoms with Crippen LogP contribution in [0.25, 0.3) is 11.0 Å². The molecule has 2 aromatic rings. The van der Waals surface area contributed by atoms with Crippen LogP contribution in [0.15, 0.2) is 18.6 Å². The summed E-state index contributed by atoms with van der Waals surface area (Å²) in [5, 5.41) is 6.88. The number of hydrogen-bond acceptors (Lipinski definition) is 4. The van der Waals surface area contributed by atoms with E-state index in [0.717, 1.165) is 29.9 Å². The van der Waals surface area contributed by atoms with E-state index in [1.807, 2.05) is 30.2 Å². The molecular weight excluding hydrogens is 214 g/mol. The Balaban J connectivity index is 1.89. The zero-order valence-corrected chi connectivity index (χ0v) is 9.98. The summed E-state index contributed by atoms with van der Waals surface area (Å²) in [6.07, 6.45) is 6.08. The number of aromatic nitrogens is 3. The van der Waals surface area contributed by atoms with Crippen molar-refractivity contribution < 1.29 is 0 Å². The van der Waals surface area contributed by atoms with E-state index in [1.165, 1.54) is 12.8 Å². The van der Waals surface area contributed by atoms with E-state index < -0.39 is 0 Å². The summed E-state index contributed by atoms with van der Waals surface area (Å²) in [7, 11) is 2.00. The second-order valence-electron chi connectivity index (χ2n) is 4.57. The minimum Gasteiger partial charge on any atom is -0.364 e. The number of piperidine rings is 1. The predicted octanol–water partition coefficient (Wildman–Crippen LogP) is 1.13. The Morgan fingerprint density at radius 2 is 2.41 bits per heavy atom. The van der Waals surface area contributed by atoms with E-state index >= 15 is 0 Å².